The summed E-state index contributed by atoms with van der Waals surface area (Å²) in [6, 6.07) is 4.52. The fourth-order valence-corrected chi connectivity index (χ4v) is 1.43. The summed E-state index contributed by atoms with van der Waals surface area (Å²) in [6.45, 7) is 1.23. The molecular weight excluding hydrogens is 198 g/mol. The second-order valence-electron chi connectivity index (χ2n) is 3.06. The maximum atomic E-state index is 11.4. The van der Waals surface area contributed by atoms with E-state index in [1.54, 1.807) is 6.07 Å². The maximum Gasteiger partial charge on any atom is 0.308 e. The molecule has 1 heterocycles. The third-order valence-electron chi connectivity index (χ3n) is 1.98. The van der Waals surface area contributed by atoms with Crippen molar-refractivity contribution in [3.8, 4) is 5.75 Å². The summed E-state index contributed by atoms with van der Waals surface area (Å²) in [5.74, 6) is -1.42. The van der Waals surface area contributed by atoms with E-state index in [4.69, 9.17) is 4.74 Å². The van der Waals surface area contributed by atoms with Crippen molar-refractivity contribution in [2.75, 3.05) is 0 Å². The van der Waals surface area contributed by atoms with Crippen molar-refractivity contribution in [3.05, 3.63) is 29.3 Å². The summed E-state index contributed by atoms with van der Waals surface area (Å²) in [6.07, 6.45) is 0. The van der Waals surface area contributed by atoms with Gasteiger partial charge < -0.3 is 4.74 Å². The fraction of sp³-hybridized carbons (Fsp3) is 0.100. The van der Waals surface area contributed by atoms with E-state index < -0.39 is 17.8 Å². The molecule has 2 amide bonds. The van der Waals surface area contributed by atoms with Crippen molar-refractivity contribution in [2.24, 2.45) is 0 Å². The average molecular weight is 205 g/mol. The van der Waals surface area contributed by atoms with Gasteiger partial charge in [-0.05, 0) is 12.1 Å². The number of amides is 2. The summed E-state index contributed by atoms with van der Waals surface area (Å²) < 4.78 is 4.82. The van der Waals surface area contributed by atoms with Gasteiger partial charge in [0.1, 0.15) is 5.75 Å². The third kappa shape index (κ3) is 1.48. The van der Waals surface area contributed by atoms with Gasteiger partial charge in [0.25, 0.3) is 11.8 Å². The van der Waals surface area contributed by atoms with Crippen LogP contribution >= 0.6 is 0 Å². The smallest absolute Gasteiger partial charge is 0.308 e. The SMILES string of the molecule is CC(=O)Oc1cccc2c1C(=O)NC2=O. The second kappa shape index (κ2) is 3.20. The van der Waals surface area contributed by atoms with Crippen LogP contribution in [0.1, 0.15) is 27.6 Å². The molecule has 5 heteroatoms. The molecule has 76 valence electrons. The Bertz CT molecular complexity index is 478. The Labute approximate surface area is 85.0 Å². The molecule has 1 N–H and O–H groups in total. The summed E-state index contributed by atoms with van der Waals surface area (Å²) in [4.78, 5) is 33.4. The number of nitrogens with one attached hydrogen (secondary N) is 1. The molecule has 0 bridgehead atoms. The Balaban J connectivity index is 2.55. The highest BCUT2D eigenvalue weighted by molar-refractivity contribution is 6.22. The molecule has 0 fully saturated rings. The van der Waals surface area contributed by atoms with Gasteiger partial charge in [-0.15, -0.1) is 0 Å². The van der Waals surface area contributed by atoms with Crippen LogP contribution < -0.4 is 10.1 Å². The van der Waals surface area contributed by atoms with E-state index in [0.29, 0.717) is 0 Å². The molecule has 0 aliphatic carbocycles. The lowest BCUT2D eigenvalue weighted by Crippen LogP contribution is -2.20. The minimum absolute atomic E-state index is 0.114. The summed E-state index contributed by atoms with van der Waals surface area (Å²) in [5.41, 5.74) is 0.358. The minimum atomic E-state index is -0.535. The summed E-state index contributed by atoms with van der Waals surface area (Å²) >= 11 is 0. The molecule has 15 heavy (non-hydrogen) atoms. The van der Waals surface area contributed by atoms with Gasteiger partial charge in [-0.25, -0.2) is 0 Å². The number of rotatable bonds is 1. The van der Waals surface area contributed by atoms with Crippen LogP contribution in [-0.2, 0) is 4.79 Å². The predicted molar refractivity (Wildman–Crippen MR) is 49.5 cm³/mol. The Morgan fingerprint density at radius 1 is 1.27 bits per heavy atom. The van der Waals surface area contributed by atoms with Gasteiger partial charge in [-0.3, -0.25) is 19.7 Å². The minimum Gasteiger partial charge on any atom is -0.426 e. The molecule has 0 radical (unpaired) electrons. The first-order valence-electron chi connectivity index (χ1n) is 4.26. The molecular formula is C10H7NO4. The highest BCUT2D eigenvalue weighted by Gasteiger charge is 2.30. The Morgan fingerprint density at radius 3 is 2.67 bits per heavy atom. The molecule has 1 aromatic rings. The number of carbonyl (C=O) groups excluding carboxylic acids is 3. The van der Waals surface area contributed by atoms with Gasteiger partial charge >= 0.3 is 5.97 Å². The molecule has 2 rings (SSSR count). The molecule has 0 aromatic heterocycles. The normalized spacial score (nSPS) is 13.4. The van der Waals surface area contributed by atoms with E-state index in [1.165, 1.54) is 19.1 Å². The molecule has 0 spiro atoms. The highest BCUT2D eigenvalue weighted by atomic mass is 16.5. The summed E-state index contributed by atoms with van der Waals surface area (Å²) in [5, 5.41) is 2.13. The number of fused-ring (bicyclic) bond motifs is 1. The largest absolute Gasteiger partial charge is 0.426 e. The van der Waals surface area contributed by atoms with Gasteiger partial charge in [0.2, 0.25) is 0 Å². The Hall–Kier alpha value is -2.17. The van der Waals surface area contributed by atoms with Crippen molar-refractivity contribution in [1.29, 1.82) is 0 Å². The lowest BCUT2D eigenvalue weighted by atomic mass is 10.1. The average Bonchev–Trinajstić information content (AvgIpc) is 2.43. The lowest BCUT2D eigenvalue weighted by Gasteiger charge is -2.03. The van der Waals surface area contributed by atoms with Crippen LogP contribution in [0.4, 0.5) is 0 Å². The van der Waals surface area contributed by atoms with E-state index in [1.807, 2.05) is 0 Å². The van der Waals surface area contributed by atoms with Crippen LogP contribution in [0.2, 0.25) is 0 Å². The monoisotopic (exact) mass is 205 g/mol. The molecule has 1 aliphatic rings. The molecule has 0 unspecified atom stereocenters. The lowest BCUT2D eigenvalue weighted by molar-refractivity contribution is -0.131. The molecule has 5 nitrogen and oxygen atoms in total. The van der Waals surface area contributed by atoms with Crippen LogP contribution in [-0.4, -0.2) is 17.8 Å². The van der Waals surface area contributed by atoms with Gasteiger partial charge in [-0.2, -0.15) is 0 Å². The summed E-state index contributed by atoms with van der Waals surface area (Å²) in [7, 11) is 0. The van der Waals surface area contributed by atoms with Gasteiger partial charge in [0.15, 0.2) is 0 Å². The van der Waals surface area contributed by atoms with Crippen molar-refractivity contribution in [3.63, 3.8) is 0 Å². The highest BCUT2D eigenvalue weighted by Crippen LogP contribution is 2.26. The second-order valence-corrected chi connectivity index (χ2v) is 3.06. The first-order chi connectivity index (χ1) is 7.09. The van der Waals surface area contributed by atoms with E-state index in [0.717, 1.165) is 0 Å². The third-order valence-corrected chi connectivity index (χ3v) is 1.98. The zero-order valence-electron chi connectivity index (χ0n) is 7.87. The maximum absolute atomic E-state index is 11.4. The van der Waals surface area contributed by atoms with Gasteiger partial charge in [0.05, 0.1) is 11.1 Å². The van der Waals surface area contributed by atoms with Crippen molar-refractivity contribution < 1.29 is 19.1 Å². The number of esters is 1. The van der Waals surface area contributed by atoms with Crippen molar-refractivity contribution in [2.45, 2.75) is 6.92 Å². The van der Waals surface area contributed by atoms with Gasteiger partial charge in [-0.1, -0.05) is 6.07 Å². The molecule has 1 aliphatic heterocycles. The zero-order valence-corrected chi connectivity index (χ0v) is 7.87. The predicted octanol–water partition coefficient (Wildman–Crippen LogP) is 0.495. The van der Waals surface area contributed by atoms with E-state index >= 15 is 0 Å². The molecule has 0 saturated heterocycles. The van der Waals surface area contributed by atoms with Gasteiger partial charge in [0, 0.05) is 6.92 Å². The molecule has 0 saturated carbocycles. The number of hydrogen-bond donors (Lipinski definition) is 1. The van der Waals surface area contributed by atoms with E-state index in [9.17, 15) is 14.4 Å². The number of benzene rings is 1. The van der Waals surface area contributed by atoms with Crippen molar-refractivity contribution >= 4 is 17.8 Å². The molecule has 1 aromatic carbocycles. The number of imide groups is 1. The van der Waals surface area contributed by atoms with Crippen LogP contribution in [0.15, 0.2) is 18.2 Å². The van der Waals surface area contributed by atoms with Crippen LogP contribution in [0.5, 0.6) is 5.75 Å². The number of hydrogen-bond acceptors (Lipinski definition) is 4. The van der Waals surface area contributed by atoms with Crippen molar-refractivity contribution in [1.82, 2.24) is 5.32 Å². The van der Waals surface area contributed by atoms with E-state index in [-0.39, 0.29) is 16.9 Å². The number of carbonyl (C=O) groups is 3. The van der Waals surface area contributed by atoms with Crippen LogP contribution in [0, 0.1) is 0 Å². The van der Waals surface area contributed by atoms with E-state index in [2.05, 4.69) is 5.32 Å². The quantitative estimate of drug-likeness (QED) is 0.411. The first-order valence-corrected chi connectivity index (χ1v) is 4.26. The van der Waals surface area contributed by atoms with Crippen LogP contribution in [0.25, 0.3) is 0 Å². The molecule has 0 atom stereocenters. The topological polar surface area (TPSA) is 72.5 Å². The standard InChI is InChI=1S/C10H7NO4/c1-5(12)15-7-4-2-3-6-8(7)10(14)11-9(6)13/h2-4H,1H3,(H,11,13,14). The zero-order chi connectivity index (χ0) is 11.0. The Morgan fingerprint density at radius 2 is 2.00 bits per heavy atom. The van der Waals surface area contributed by atoms with Crippen LogP contribution in [0.3, 0.4) is 0 Å². The Kier molecular flexibility index (Phi) is 2.00. The number of ether oxygens (including phenoxy) is 1. The first kappa shape index (κ1) is 9.39. The fourth-order valence-electron chi connectivity index (χ4n) is 1.43.